The molecule has 142 valence electrons. The number of rotatable bonds is 0. The summed E-state index contributed by atoms with van der Waals surface area (Å²) >= 11 is 0. The van der Waals surface area contributed by atoms with Crippen LogP contribution in [0.3, 0.4) is 0 Å². The predicted octanol–water partition coefficient (Wildman–Crippen LogP) is 5.60. The van der Waals surface area contributed by atoms with Crippen molar-refractivity contribution in [2.75, 3.05) is 0 Å². The highest BCUT2D eigenvalue weighted by molar-refractivity contribution is 5.76. The van der Waals surface area contributed by atoms with E-state index in [0.717, 1.165) is 25.7 Å². The number of cyclic esters (lactones) is 1. The number of hydrogen-bond donors (Lipinski definition) is 1. The van der Waals surface area contributed by atoms with Crippen LogP contribution in [0.2, 0.25) is 0 Å². The molecule has 1 rings (SSSR count). The van der Waals surface area contributed by atoms with Crippen LogP contribution in [0.5, 0.6) is 0 Å². The average Bonchev–Trinajstić information content (AvgIpc) is 2.38. The van der Waals surface area contributed by atoms with Gasteiger partial charge in [-0.1, -0.05) is 52.4 Å². The molecule has 0 aliphatic carbocycles. The second-order valence-electron chi connectivity index (χ2n) is 10.1. The zero-order valence-corrected chi connectivity index (χ0v) is 17.3. The zero-order valence-electron chi connectivity index (χ0n) is 17.3. The summed E-state index contributed by atoms with van der Waals surface area (Å²) in [6.07, 6.45) is 9.96. The molecule has 0 bridgehead atoms. The lowest BCUT2D eigenvalue weighted by Crippen LogP contribution is -2.53. The molecule has 3 nitrogen and oxygen atoms in total. The summed E-state index contributed by atoms with van der Waals surface area (Å²) < 4.78 is 5.96. The highest BCUT2D eigenvalue weighted by Crippen LogP contribution is 2.41. The van der Waals surface area contributed by atoms with E-state index in [9.17, 15) is 4.79 Å². The maximum absolute atomic E-state index is 12.7. The van der Waals surface area contributed by atoms with E-state index in [-0.39, 0.29) is 16.9 Å². The maximum atomic E-state index is 12.7. The molecule has 24 heavy (non-hydrogen) atoms. The zero-order chi connectivity index (χ0) is 18.6. The van der Waals surface area contributed by atoms with Crippen LogP contribution >= 0.6 is 0 Å². The minimum absolute atomic E-state index is 0.0723. The predicted molar refractivity (Wildman–Crippen MR) is 102 cm³/mol. The van der Waals surface area contributed by atoms with Crippen LogP contribution in [-0.2, 0) is 9.53 Å². The van der Waals surface area contributed by atoms with Gasteiger partial charge < -0.3 is 10.5 Å². The van der Waals surface area contributed by atoms with Crippen LogP contribution in [0.1, 0.15) is 106 Å². The van der Waals surface area contributed by atoms with Crippen molar-refractivity contribution in [3.63, 3.8) is 0 Å². The molecule has 3 heteroatoms. The first kappa shape index (κ1) is 21.5. The molecule has 0 spiro atoms. The van der Waals surface area contributed by atoms with E-state index in [1.807, 2.05) is 27.7 Å². The van der Waals surface area contributed by atoms with Crippen molar-refractivity contribution in [3.8, 4) is 0 Å². The molecule has 2 N–H and O–H groups in total. The quantitative estimate of drug-likeness (QED) is 0.584. The summed E-state index contributed by atoms with van der Waals surface area (Å²) in [6, 6.07) is 0. The summed E-state index contributed by atoms with van der Waals surface area (Å²) in [5, 5.41) is 0. The van der Waals surface area contributed by atoms with E-state index in [2.05, 4.69) is 20.8 Å². The van der Waals surface area contributed by atoms with Crippen LogP contribution in [0.4, 0.5) is 0 Å². The van der Waals surface area contributed by atoms with Gasteiger partial charge in [0.15, 0.2) is 0 Å². The monoisotopic (exact) mass is 339 g/mol. The SMILES string of the molecule is CC1(C)CC(C)(C)C(C)(N)CCCCCCCCC(C)(C)C(=O)O1. The van der Waals surface area contributed by atoms with Gasteiger partial charge >= 0.3 is 5.97 Å². The molecule has 0 aromatic carbocycles. The Balaban J connectivity index is 2.97. The van der Waals surface area contributed by atoms with Crippen molar-refractivity contribution in [2.24, 2.45) is 16.6 Å². The summed E-state index contributed by atoms with van der Waals surface area (Å²) in [6.45, 7) is 14.7. The molecule has 0 aromatic heterocycles. The fourth-order valence-corrected chi connectivity index (χ4v) is 3.90. The van der Waals surface area contributed by atoms with Gasteiger partial charge in [0.05, 0.1) is 5.41 Å². The lowest BCUT2D eigenvalue weighted by atomic mass is 9.66. The summed E-state index contributed by atoms with van der Waals surface area (Å²) in [4.78, 5) is 12.7. The summed E-state index contributed by atoms with van der Waals surface area (Å²) in [7, 11) is 0. The first-order chi connectivity index (χ1) is 10.8. The molecular weight excluding hydrogens is 298 g/mol. The van der Waals surface area contributed by atoms with Crippen LogP contribution in [0, 0.1) is 10.8 Å². The third-order valence-electron chi connectivity index (χ3n) is 6.08. The fraction of sp³-hybridized carbons (Fsp3) is 0.952. The molecule has 1 aliphatic heterocycles. The maximum Gasteiger partial charge on any atom is 0.312 e. The summed E-state index contributed by atoms with van der Waals surface area (Å²) in [5.41, 5.74) is 5.44. The molecule has 1 atom stereocenters. The van der Waals surface area contributed by atoms with Gasteiger partial charge in [-0.05, 0) is 59.3 Å². The average molecular weight is 340 g/mol. The van der Waals surface area contributed by atoms with Crippen molar-refractivity contribution in [1.82, 2.24) is 0 Å². The Bertz CT molecular complexity index is 422. The largest absolute Gasteiger partial charge is 0.459 e. The number of esters is 1. The number of carbonyl (C=O) groups is 1. The normalized spacial score (nSPS) is 32.2. The first-order valence-electron chi connectivity index (χ1n) is 9.82. The molecule has 0 radical (unpaired) electrons. The Morgan fingerprint density at radius 1 is 0.792 bits per heavy atom. The van der Waals surface area contributed by atoms with Crippen molar-refractivity contribution >= 4 is 5.97 Å². The van der Waals surface area contributed by atoms with Gasteiger partial charge in [-0.3, -0.25) is 4.79 Å². The van der Waals surface area contributed by atoms with E-state index in [1.165, 1.54) is 32.1 Å². The molecule has 1 aliphatic rings. The van der Waals surface area contributed by atoms with E-state index in [4.69, 9.17) is 10.5 Å². The molecule has 1 unspecified atom stereocenters. The van der Waals surface area contributed by atoms with Crippen molar-refractivity contribution in [3.05, 3.63) is 0 Å². The first-order valence-corrected chi connectivity index (χ1v) is 9.82. The van der Waals surface area contributed by atoms with Crippen LogP contribution in [-0.4, -0.2) is 17.1 Å². The number of nitrogens with two attached hydrogens (primary N) is 1. The topological polar surface area (TPSA) is 52.3 Å². The van der Waals surface area contributed by atoms with Crippen molar-refractivity contribution in [2.45, 2.75) is 117 Å². The molecule has 1 heterocycles. The standard InChI is InChI=1S/C21H41NO2/c1-18(2)14-12-10-8-9-11-13-15-21(7,22)19(3,4)16-20(5,6)24-17(18)23/h8-16,22H2,1-7H3. The van der Waals surface area contributed by atoms with Gasteiger partial charge in [0.2, 0.25) is 0 Å². The second kappa shape index (κ2) is 7.76. The molecule has 0 aromatic rings. The lowest BCUT2D eigenvalue weighted by Gasteiger charge is -2.46. The number of hydrogen-bond acceptors (Lipinski definition) is 3. The Labute approximate surface area is 150 Å². The van der Waals surface area contributed by atoms with Crippen LogP contribution < -0.4 is 5.73 Å². The van der Waals surface area contributed by atoms with Gasteiger partial charge in [0.25, 0.3) is 0 Å². The Hall–Kier alpha value is -0.570. The molecular formula is C21H41NO2. The smallest absolute Gasteiger partial charge is 0.312 e. The Morgan fingerprint density at radius 2 is 1.25 bits per heavy atom. The minimum Gasteiger partial charge on any atom is -0.459 e. The van der Waals surface area contributed by atoms with E-state index in [0.29, 0.717) is 0 Å². The third-order valence-corrected chi connectivity index (χ3v) is 6.08. The van der Waals surface area contributed by atoms with Gasteiger partial charge in [-0.2, -0.15) is 0 Å². The van der Waals surface area contributed by atoms with Gasteiger partial charge in [-0.25, -0.2) is 0 Å². The van der Waals surface area contributed by atoms with Crippen molar-refractivity contribution in [1.29, 1.82) is 0 Å². The summed E-state index contributed by atoms with van der Waals surface area (Å²) in [5.74, 6) is -0.0723. The minimum atomic E-state index is -0.501. The van der Waals surface area contributed by atoms with E-state index < -0.39 is 11.0 Å². The van der Waals surface area contributed by atoms with Crippen LogP contribution in [0.15, 0.2) is 0 Å². The fourth-order valence-electron chi connectivity index (χ4n) is 3.90. The van der Waals surface area contributed by atoms with E-state index in [1.54, 1.807) is 0 Å². The van der Waals surface area contributed by atoms with Gasteiger partial charge in [0.1, 0.15) is 5.60 Å². The van der Waals surface area contributed by atoms with E-state index >= 15 is 0 Å². The highest BCUT2D eigenvalue weighted by atomic mass is 16.6. The lowest BCUT2D eigenvalue weighted by molar-refractivity contribution is -0.171. The number of carbonyl (C=O) groups excluding carboxylic acids is 1. The molecule has 0 saturated carbocycles. The van der Waals surface area contributed by atoms with Gasteiger partial charge in [0, 0.05) is 5.54 Å². The molecule has 1 saturated heterocycles. The van der Waals surface area contributed by atoms with Crippen molar-refractivity contribution < 1.29 is 9.53 Å². The number of ether oxygens (including phenoxy) is 1. The second-order valence-corrected chi connectivity index (χ2v) is 10.1. The molecule has 0 amide bonds. The highest BCUT2D eigenvalue weighted by Gasteiger charge is 2.43. The van der Waals surface area contributed by atoms with Gasteiger partial charge in [-0.15, -0.1) is 0 Å². The Morgan fingerprint density at radius 3 is 1.79 bits per heavy atom. The Kier molecular flexibility index (Phi) is 6.94. The van der Waals surface area contributed by atoms with Crippen LogP contribution in [0.25, 0.3) is 0 Å². The third kappa shape index (κ3) is 6.06. The molecule has 1 fully saturated rings.